The van der Waals surface area contributed by atoms with Crippen molar-refractivity contribution in [2.24, 2.45) is 0 Å². The number of hydrogen-bond donors (Lipinski definition) is 1. The number of benzene rings is 1. The van der Waals surface area contributed by atoms with E-state index >= 15 is 0 Å². The first kappa shape index (κ1) is 22.8. The zero-order valence-electron chi connectivity index (χ0n) is 17.9. The van der Waals surface area contributed by atoms with Gasteiger partial charge in [-0.2, -0.15) is 4.31 Å². The van der Waals surface area contributed by atoms with Crippen LogP contribution in [0.3, 0.4) is 0 Å². The highest BCUT2D eigenvalue weighted by Crippen LogP contribution is 2.33. The molecule has 0 radical (unpaired) electrons. The molecule has 1 aromatic rings. The lowest BCUT2D eigenvalue weighted by Gasteiger charge is -2.33. The molecule has 168 valence electrons. The fourth-order valence-electron chi connectivity index (χ4n) is 4.22. The molecule has 1 N–H and O–H groups in total. The van der Waals surface area contributed by atoms with Crippen LogP contribution in [0.1, 0.15) is 38.5 Å². The van der Waals surface area contributed by atoms with E-state index in [0.717, 1.165) is 51.6 Å². The highest BCUT2D eigenvalue weighted by molar-refractivity contribution is 7.89. The summed E-state index contributed by atoms with van der Waals surface area (Å²) in [5.41, 5.74) is 0. The van der Waals surface area contributed by atoms with Crippen molar-refractivity contribution in [2.45, 2.75) is 49.5 Å². The van der Waals surface area contributed by atoms with Gasteiger partial charge in [0.25, 0.3) is 0 Å². The number of sulfonamides is 1. The summed E-state index contributed by atoms with van der Waals surface area (Å²) in [5.74, 6) is 0.687. The molecule has 2 fully saturated rings. The number of piperazine rings is 1. The number of carbonyl (C=O) groups is 1. The van der Waals surface area contributed by atoms with Crippen molar-refractivity contribution >= 4 is 15.9 Å². The number of nitrogens with zero attached hydrogens (tertiary/aromatic N) is 2. The van der Waals surface area contributed by atoms with Gasteiger partial charge in [-0.1, -0.05) is 25.7 Å². The van der Waals surface area contributed by atoms with Gasteiger partial charge < -0.3 is 19.7 Å². The van der Waals surface area contributed by atoms with Crippen molar-refractivity contribution in [3.63, 3.8) is 0 Å². The Morgan fingerprint density at radius 3 is 2.30 bits per heavy atom. The third-order valence-corrected chi connectivity index (χ3v) is 7.85. The number of carbonyl (C=O) groups excluding carboxylic acids is 1. The van der Waals surface area contributed by atoms with Crippen molar-refractivity contribution in [3.05, 3.63) is 18.2 Å². The second kappa shape index (κ2) is 10.5. The smallest absolute Gasteiger partial charge is 0.243 e. The Balaban J connectivity index is 1.92. The molecular formula is C21H33N3O5S. The van der Waals surface area contributed by atoms with E-state index in [9.17, 15) is 13.2 Å². The van der Waals surface area contributed by atoms with Crippen LogP contribution in [0.4, 0.5) is 0 Å². The molecule has 1 aromatic carbocycles. The molecule has 0 aromatic heterocycles. The van der Waals surface area contributed by atoms with Gasteiger partial charge in [0, 0.05) is 38.3 Å². The van der Waals surface area contributed by atoms with Gasteiger partial charge in [0.1, 0.15) is 0 Å². The molecule has 1 aliphatic carbocycles. The van der Waals surface area contributed by atoms with Gasteiger partial charge in [-0.25, -0.2) is 8.42 Å². The standard InChI is InChI=1S/C21H33N3O5S/c1-28-19-10-9-18(15-20(19)29-2)30(26,27)24(17-7-5-3-4-6-8-17)16-21(25)23-13-11-22-12-14-23/h9-10,15,17,22H,3-8,11-14,16H2,1-2H3. The van der Waals surface area contributed by atoms with Crippen LogP contribution in [-0.2, 0) is 14.8 Å². The number of rotatable bonds is 7. The summed E-state index contributed by atoms with van der Waals surface area (Å²) in [6, 6.07) is 4.43. The summed E-state index contributed by atoms with van der Waals surface area (Å²) < 4.78 is 39.3. The molecule has 9 heteroatoms. The van der Waals surface area contributed by atoms with Crippen molar-refractivity contribution in [3.8, 4) is 11.5 Å². The first-order valence-electron chi connectivity index (χ1n) is 10.7. The molecular weight excluding hydrogens is 406 g/mol. The van der Waals surface area contributed by atoms with Crippen LogP contribution in [0.15, 0.2) is 23.1 Å². The lowest BCUT2D eigenvalue weighted by Crippen LogP contribution is -2.52. The Morgan fingerprint density at radius 1 is 1.07 bits per heavy atom. The molecule has 30 heavy (non-hydrogen) atoms. The summed E-state index contributed by atoms with van der Waals surface area (Å²) in [7, 11) is -0.886. The van der Waals surface area contributed by atoms with Crippen molar-refractivity contribution in [1.82, 2.24) is 14.5 Å². The topological polar surface area (TPSA) is 88.2 Å². The number of amides is 1. The monoisotopic (exact) mass is 439 g/mol. The van der Waals surface area contributed by atoms with Gasteiger partial charge in [-0.15, -0.1) is 0 Å². The summed E-state index contributed by atoms with van der Waals surface area (Å²) in [6.07, 6.45) is 5.72. The molecule has 0 atom stereocenters. The first-order valence-corrected chi connectivity index (χ1v) is 12.1. The minimum Gasteiger partial charge on any atom is -0.493 e. The molecule has 1 heterocycles. The normalized spacial score (nSPS) is 18.8. The summed E-state index contributed by atoms with van der Waals surface area (Å²) in [4.78, 5) is 14.9. The van der Waals surface area contributed by atoms with Gasteiger partial charge >= 0.3 is 0 Å². The zero-order chi connectivity index (χ0) is 21.6. The third kappa shape index (κ3) is 5.25. The van der Waals surface area contributed by atoms with Gasteiger partial charge in [0.2, 0.25) is 15.9 Å². The van der Waals surface area contributed by atoms with E-state index in [1.165, 1.54) is 30.7 Å². The maximum absolute atomic E-state index is 13.7. The molecule has 1 amide bonds. The van der Waals surface area contributed by atoms with E-state index < -0.39 is 10.0 Å². The van der Waals surface area contributed by atoms with E-state index in [1.54, 1.807) is 11.0 Å². The van der Waals surface area contributed by atoms with Crippen LogP contribution in [0.2, 0.25) is 0 Å². The number of hydrogen-bond acceptors (Lipinski definition) is 6. The first-order chi connectivity index (χ1) is 14.5. The zero-order valence-corrected chi connectivity index (χ0v) is 18.7. The maximum atomic E-state index is 13.7. The Bertz CT molecular complexity index is 816. The predicted octanol–water partition coefficient (Wildman–Crippen LogP) is 1.85. The third-order valence-electron chi connectivity index (χ3n) is 5.95. The van der Waals surface area contributed by atoms with Crippen LogP contribution in [0, 0.1) is 0 Å². The molecule has 1 aliphatic heterocycles. The highest BCUT2D eigenvalue weighted by atomic mass is 32.2. The van der Waals surface area contributed by atoms with E-state index in [-0.39, 0.29) is 23.4 Å². The van der Waals surface area contributed by atoms with Crippen LogP contribution in [-0.4, -0.2) is 76.5 Å². The molecule has 0 spiro atoms. The van der Waals surface area contributed by atoms with Crippen LogP contribution >= 0.6 is 0 Å². The van der Waals surface area contributed by atoms with Crippen molar-refractivity contribution in [2.75, 3.05) is 46.9 Å². The Labute approximate surface area is 179 Å². The Kier molecular flexibility index (Phi) is 7.96. The molecule has 2 aliphatic rings. The van der Waals surface area contributed by atoms with E-state index in [1.807, 2.05) is 0 Å². The average molecular weight is 440 g/mol. The molecule has 0 bridgehead atoms. The number of methoxy groups -OCH3 is 2. The SMILES string of the molecule is COc1ccc(S(=O)(=O)N(CC(=O)N2CCNCC2)C2CCCCCC2)cc1OC. The average Bonchev–Trinajstić information content (AvgIpc) is 3.06. The highest BCUT2D eigenvalue weighted by Gasteiger charge is 2.35. The minimum absolute atomic E-state index is 0.123. The van der Waals surface area contributed by atoms with E-state index in [2.05, 4.69) is 5.32 Å². The van der Waals surface area contributed by atoms with Gasteiger partial charge in [-0.3, -0.25) is 4.79 Å². The van der Waals surface area contributed by atoms with Gasteiger partial charge in [0.05, 0.1) is 25.7 Å². The fraction of sp³-hybridized carbons (Fsp3) is 0.667. The quantitative estimate of drug-likeness (QED) is 0.653. The maximum Gasteiger partial charge on any atom is 0.243 e. The Hall–Kier alpha value is -1.84. The summed E-state index contributed by atoms with van der Waals surface area (Å²) >= 11 is 0. The second-order valence-electron chi connectivity index (χ2n) is 7.84. The molecule has 1 saturated heterocycles. The molecule has 8 nitrogen and oxygen atoms in total. The van der Waals surface area contributed by atoms with Gasteiger partial charge in [-0.05, 0) is 25.0 Å². The van der Waals surface area contributed by atoms with Crippen LogP contribution in [0.5, 0.6) is 11.5 Å². The Morgan fingerprint density at radius 2 is 1.70 bits per heavy atom. The van der Waals surface area contributed by atoms with Crippen molar-refractivity contribution < 1.29 is 22.7 Å². The number of nitrogens with one attached hydrogen (secondary N) is 1. The summed E-state index contributed by atoms with van der Waals surface area (Å²) in [5, 5.41) is 3.22. The van der Waals surface area contributed by atoms with Crippen molar-refractivity contribution in [1.29, 1.82) is 0 Å². The van der Waals surface area contributed by atoms with Crippen LogP contribution < -0.4 is 14.8 Å². The minimum atomic E-state index is -3.87. The number of ether oxygens (including phenoxy) is 2. The molecule has 3 rings (SSSR count). The fourth-order valence-corrected chi connectivity index (χ4v) is 5.87. The molecule has 1 saturated carbocycles. The summed E-state index contributed by atoms with van der Waals surface area (Å²) in [6.45, 7) is 2.55. The van der Waals surface area contributed by atoms with Gasteiger partial charge in [0.15, 0.2) is 11.5 Å². The van der Waals surface area contributed by atoms with Crippen LogP contribution in [0.25, 0.3) is 0 Å². The van der Waals surface area contributed by atoms with E-state index in [4.69, 9.17) is 9.47 Å². The lowest BCUT2D eigenvalue weighted by atomic mass is 10.1. The van der Waals surface area contributed by atoms with E-state index in [0.29, 0.717) is 24.6 Å². The largest absolute Gasteiger partial charge is 0.493 e. The predicted molar refractivity (Wildman–Crippen MR) is 114 cm³/mol. The second-order valence-corrected chi connectivity index (χ2v) is 9.73. The molecule has 0 unspecified atom stereocenters. The lowest BCUT2D eigenvalue weighted by molar-refractivity contribution is -0.132.